The van der Waals surface area contributed by atoms with Crippen LogP contribution >= 0.6 is 0 Å². The van der Waals surface area contributed by atoms with Gasteiger partial charge < -0.3 is 14.7 Å². The first kappa shape index (κ1) is 16.9. The summed E-state index contributed by atoms with van der Waals surface area (Å²) < 4.78 is 5.72. The minimum absolute atomic E-state index is 0.201. The highest BCUT2D eigenvalue weighted by Gasteiger charge is 2.32. The molecule has 2 heterocycles. The molecule has 3 rings (SSSR count). The van der Waals surface area contributed by atoms with Crippen LogP contribution in [0.15, 0.2) is 48.7 Å². The molecule has 1 fully saturated rings. The number of likely N-dealkylation sites (tertiary alicyclic amines) is 1. The van der Waals surface area contributed by atoms with E-state index in [2.05, 4.69) is 28.9 Å². The Balaban J connectivity index is 1.61. The van der Waals surface area contributed by atoms with Crippen LogP contribution in [0.5, 0.6) is 11.6 Å². The van der Waals surface area contributed by atoms with E-state index in [0.717, 1.165) is 30.8 Å². The molecule has 2 atom stereocenters. The fourth-order valence-corrected chi connectivity index (χ4v) is 3.12. The third kappa shape index (κ3) is 4.12. The van der Waals surface area contributed by atoms with Gasteiger partial charge in [-0.1, -0.05) is 24.3 Å². The molecule has 1 aliphatic heterocycles. The van der Waals surface area contributed by atoms with Crippen molar-refractivity contribution in [3.05, 3.63) is 54.2 Å². The smallest absolute Gasteiger partial charge is 0.219 e. The highest BCUT2D eigenvalue weighted by Crippen LogP contribution is 2.24. The summed E-state index contributed by atoms with van der Waals surface area (Å²) in [5, 5.41) is 9.63. The Bertz CT molecular complexity index is 631. The van der Waals surface area contributed by atoms with Gasteiger partial charge in [0.05, 0.1) is 6.61 Å². The molecule has 0 amide bonds. The van der Waals surface area contributed by atoms with Crippen molar-refractivity contribution in [2.45, 2.75) is 25.0 Å². The van der Waals surface area contributed by atoms with E-state index in [4.69, 9.17) is 4.74 Å². The number of hydrogen-bond donors (Lipinski definition) is 1. The summed E-state index contributed by atoms with van der Waals surface area (Å²) in [5.74, 6) is 1.38. The normalized spacial score (nSPS) is 21.3. The summed E-state index contributed by atoms with van der Waals surface area (Å²) >= 11 is 0. The molecule has 0 spiro atoms. The zero-order valence-corrected chi connectivity index (χ0v) is 14.3. The van der Waals surface area contributed by atoms with Gasteiger partial charge in [-0.15, -0.1) is 0 Å². The van der Waals surface area contributed by atoms with Crippen LogP contribution in [0.1, 0.15) is 12.0 Å². The van der Waals surface area contributed by atoms with E-state index in [1.54, 1.807) is 0 Å². The summed E-state index contributed by atoms with van der Waals surface area (Å²) in [6, 6.07) is 14.3. The Hall–Kier alpha value is -1.95. The van der Waals surface area contributed by atoms with Crippen molar-refractivity contribution in [3.63, 3.8) is 0 Å². The van der Waals surface area contributed by atoms with Gasteiger partial charge in [0.2, 0.25) is 5.88 Å². The lowest BCUT2D eigenvalue weighted by molar-refractivity contribution is 0.153. The van der Waals surface area contributed by atoms with Crippen molar-refractivity contribution in [2.24, 2.45) is 0 Å². The Morgan fingerprint density at radius 3 is 2.62 bits per heavy atom. The van der Waals surface area contributed by atoms with Crippen molar-refractivity contribution in [2.75, 3.05) is 27.2 Å². The number of rotatable bonds is 6. The largest absolute Gasteiger partial charge is 0.439 e. The minimum Gasteiger partial charge on any atom is -0.439 e. The van der Waals surface area contributed by atoms with Crippen molar-refractivity contribution in [1.82, 2.24) is 14.8 Å². The molecular formula is C19H25N3O2. The van der Waals surface area contributed by atoms with E-state index in [1.807, 2.05) is 48.7 Å². The van der Waals surface area contributed by atoms with Crippen LogP contribution in [-0.2, 0) is 6.54 Å². The van der Waals surface area contributed by atoms with Crippen LogP contribution in [0, 0.1) is 0 Å². The number of aliphatic hydroxyl groups excluding tert-OH is 1. The van der Waals surface area contributed by atoms with E-state index < -0.39 is 0 Å². The summed E-state index contributed by atoms with van der Waals surface area (Å²) in [6.45, 7) is 1.97. The van der Waals surface area contributed by atoms with E-state index in [9.17, 15) is 5.11 Å². The van der Waals surface area contributed by atoms with Gasteiger partial charge in [-0.05, 0) is 38.2 Å². The lowest BCUT2D eigenvalue weighted by Gasteiger charge is -2.23. The first-order valence-electron chi connectivity index (χ1n) is 8.35. The molecule has 1 N–H and O–H groups in total. The van der Waals surface area contributed by atoms with Gasteiger partial charge in [-0.2, -0.15) is 0 Å². The van der Waals surface area contributed by atoms with E-state index in [-0.39, 0.29) is 12.6 Å². The molecule has 0 unspecified atom stereocenters. The zero-order valence-electron chi connectivity index (χ0n) is 14.3. The number of pyridine rings is 1. The molecule has 2 aromatic rings. The molecule has 0 saturated carbocycles. The molecule has 1 aromatic carbocycles. The predicted molar refractivity (Wildman–Crippen MR) is 94.1 cm³/mol. The average molecular weight is 327 g/mol. The SMILES string of the molecule is CN(C)[C@@H]1C[C@@H](CO)N(Cc2ccc(Oc3ccccc3)nc2)C1. The number of aliphatic hydroxyl groups is 1. The Labute approximate surface area is 143 Å². The van der Waals surface area contributed by atoms with E-state index >= 15 is 0 Å². The third-order valence-corrected chi connectivity index (χ3v) is 4.60. The first-order chi connectivity index (χ1) is 11.7. The molecule has 0 bridgehead atoms. The van der Waals surface area contributed by atoms with Crippen molar-refractivity contribution < 1.29 is 9.84 Å². The van der Waals surface area contributed by atoms with Crippen LogP contribution in [0.2, 0.25) is 0 Å². The second-order valence-corrected chi connectivity index (χ2v) is 6.54. The number of aromatic nitrogens is 1. The van der Waals surface area contributed by atoms with E-state index in [1.165, 1.54) is 0 Å². The number of likely N-dealkylation sites (N-methyl/N-ethyl adjacent to an activating group) is 1. The fraction of sp³-hybridized carbons (Fsp3) is 0.421. The maximum Gasteiger partial charge on any atom is 0.219 e. The van der Waals surface area contributed by atoms with Crippen LogP contribution in [0.3, 0.4) is 0 Å². The van der Waals surface area contributed by atoms with Gasteiger partial charge in [0.15, 0.2) is 0 Å². The summed E-state index contributed by atoms with van der Waals surface area (Å²) in [5.41, 5.74) is 1.13. The van der Waals surface area contributed by atoms with Crippen LogP contribution in [0.4, 0.5) is 0 Å². The van der Waals surface area contributed by atoms with Gasteiger partial charge in [-0.25, -0.2) is 4.98 Å². The molecule has 128 valence electrons. The molecular weight excluding hydrogens is 302 g/mol. The standard InChI is InChI=1S/C19H25N3O2/c1-21(2)16-10-17(14-23)22(13-16)12-15-8-9-19(20-11-15)24-18-6-4-3-5-7-18/h3-9,11,16-17,23H,10,12-14H2,1-2H3/t16-,17+/m1/s1. The molecule has 5 heteroatoms. The van der Waals surface area contributed by atoms with Gasteiger partial charge in [-0.3, -0.25) is 4.90 Å². The molecule has 1 aromatic heterocycles. The van der Waals surface area contributed by atoms with E-state index in [0.29, 0.717) is 11.9 Å². The fourth-order valence-electron chi connectivity index (χ4n) is 3.12. The van der Waals surface area contributed by atoms with Gasteiger partial charge in [0.25, 0.3) is 0 Å². The maximum absolute atomic E-state index is 9.63. The molecule has 1 saturated heterocycles. The number of ether oxygens (including phenoxy) is 1. The molecule has 0 radical (unpaired) electrons. The Kier molecular flexibility index (Phi) is 5.45. The average Bonchev–Trinajstić information content (AvgIpc) is 3.01. The van der Waals surface area contributed by atoms with Crippen LogP contribution < -0.4 is 4.74 Å². The quantitative estimate of drug-likeness (QED) is 0.883. The van der Waals surface area contributed by atoms with Crippen molar-refractivity contribution in [1.29, 1.82) is 0 Å². The third-order valence-electron chi connectivity index (χ3n) is 4.60. The predicted octanol–water partition coefficient (Wildman–Crippen LogP) is 2.37. The molecule has 24 heavy (non-hydrogen) atoms. The van der Waals surface area contributed by atoms with Gasteiger partial charge >= 0.3 is 0 Å². The molecule has 5 nitrogen and oxygen atoms in total. The number of hydrogen-bond acceptors (Lipinski definition) is 5. The lowest BCUT2D eigenvalue weighted by atomic mass is 10.1. The number of nitrogens with zero attached hydrogens (tertiary/aromatic N) is 3. The Morgan fingerprint density at radius 1 is 1.21 bits per heavy atom. The van der Waals surface area contributed by atoms with Crippen LogP contribution in [0.25, 0.3) is 0 Å². The summed E-state index contributed by atoms with van der Waals surface area (Å²) in [4.78, 5) is 8.97. The lowest BCUT2D eigenvalue weighted by Crippen LogP contribution is -2.33. The van der Waals surface area contributed by atoms with Crippen molar-refractivity contribution >= 4 is 0 Å². The number of para-hydroxylation sites is 1. The highest BCUT2D eigenvalue weighted by molar-refractivity contribution is 5.27. The summed E-state index contributed by atoms with van der Waals surface area (Å²) in [7, 11) is 4.19. The van der Waals surface area contributed by atoms with Gasteiger partial charge in [0, 0.05) is 37.4 Å². The second kappa shape index (κ2) is 7.75. The Morgan fingerprint density at radius 2 is 2.00 bits per heavy atom. The molecule has 0 aliphatic carbocycles. The minimum atomic E-state index is 0.201. The number of benzene rings is 1. The van der Waals surface area contributed by atoms with Crippen molar-refractivity contribution in [3.8, 4) is 11.6 Å². The topological polar surface area (TPSA) is 48.8 Å². The van der Waals surface area contributed by atoms with Gasteiger partial charge in [0.1, 0.15) is 5.75 Å². The summed E-state index contributed by atoms with van der Waals surface area (Å²) in [6.07, 6.45) is 2.86. The monoisotopic (exact) mass is 327 g/mol. The first-order valence-corrected chi connectivity index (χ1v) is 8.35. The maximum atomic E-state index is 9.63. The second-order valence-electron chi connectivity index (χ2n) is 6.54. The zero-order chi connectivity index (χ0) is 16.9. The van der Waals surface area contributed by atoms with Crippen LogP contribution in [-0.4, -0.2) is 59.2 Å². The molecule has 1 aliphatic rings. The highest BCUT2D eigenvalue weighted by atomic mass is 16.5.